The highest BCUT2D eigenvalue weighted by atomic mass is 79.9. The van der Waals surface area contributed by atoms with Crippen molar-refractivity contribution in [2.75, 3.05) is 23.4 Å². The zero-order chi connectivity index (χ0) is 19.4. The van der Waals surface area contributed by atoms with E-state index >= 15 is 0 Å². The Kier molecular flexibility index (Phi) is 5.75. The highest BCUT2D eigenvalue weighted by Crippen LogP contribution is 2.26. The van der Waals surface area contributed by atoms with Gasteiger partial charge in [-0.1, -0.05) is 15.9 Å². The van der Waals surface area contributed by atoms with Crippen LogP contribution in [-0.4, -0.2) is 30.9 Å². The van der Waals surface area contributed by atoms with Crippen LogP contribution in [0.2, 0.25) is 0 Å². The first-order valence-corrected chi connectivity index (χ1v) is 9.09. The van der Waals surface area contributed by atoms with E-state index in [-0.39, 0.29) is 31.4 Å². The number of halogens is 1. The molecule has 2 aromatic carbocycles. The van der Waals surface area contributed by atoms with Gasteiger partial charge >= 0.3 is 0 Å². The van der Waals surface area contributed by atoms with Crippen molar-refractivity contribution in [2.24, 2.45) is 11.7 Å². The normalized spacial score (nSPS) is 16.3. The topological polar surface area (TPSA) is 102 Å². The van der Waals surface area contributed by atoms with E-state index < -0.39 is 11.8 Å². The first-order valence-electron chi connectivity index (χ1n) is 8.30. The second-order valence-corrected chi connectivity index (χ2v) is 7.06. The molecule has 0 radical (unpaired) electrons. The number of ether oxygens (including phenoxy) is 1. The van der Waals surface area contributed by atoms with Crippen LogP contribution in [0.3, 0.4) is 0 Å². The molecule has 27 heavy (non-hydrogen) atoms. The van der Waals surface area contributed by atoms with Gasteiger partial charge in [-0.15, -0.1) is 0 Å². The Morgan fingerprint density at radius 1 is 1.15 bits per heavy atom. The molecule has 0 aliphatic carbocycles. The van der Waals surface area contributed by atoms with Crippen LogP contribution in [0.5, 0.6) is 5.75 Å². The number of nitrogens with one attached hydrogen (secondary N) is 1. The van der Waals surface area contributed by atoms with Crippen molar-refractivity contribution in [3.63, 3.8) is 0 Å². The number of rotatable bonds is 6. The predicted octanol–water partition coefficient (Wildman–Crippen LogP) is 2.30. The molecule has 3 N–H and O–H groups in total. The fraction of sp³-hybridized carbons (Fsp3) is 0.211. The molecule has 0 aromatic heterocycles. The van der Waals surface area contributed by atoms with Gasteiger partial charge in [-0.25, -0.2) is 0 Å². The smallest absolute Gasteiger partial charge is 0.262 e. The average molecular weight is 432 g/mol. The summed E-state index contributed by atoms with van der Waals surface area (Å²) in [6, 6.07) is 14.0. The van der Waals surface area contributed by atoms with Crippen LogP contribution in [0.15, 0.2) is 53.0 Å². The summed E-state index contributed by atoms with van der Waals surface area (Å²) in [6.07, 6.45) is 0.129. The van der Waals surface area contributed by atoms with Crippen molar-refractivity contribution in [2.45, 2.75) is 6.42 Å². The highest BCUT2D eigenvalue weighted by Gasteiger charge is 2.33. The molecule has 1 saturated heterocycles. The molecule has 1 atom stereocenters. The summed E-state index contributed by atoms with van der Waals surface area (Å²) in [7, 11) is 0. The maximum Gasteiger partial charge on any atom is 0.262 e. The van der Waals surface area contributed by atoms with E-state index in [1.165, 1.54) is 4.90 Å². The average Bonchev–Trinajstić information content (AvgIpc) is 3.04. The summed E-state index contributed by atoms with van der Waals surface area (Å²) in [5, 5.41) is 2.74. The van der Waals surface area contributed by atoms with Crippen LogP contribution < -0.4 is 20.7 Å². The van der Waals surface area contributed by atoms with Crippen molar-refractivity contribution in [1.29, 1.82) is 0 Å². The predicted molar refractivity (Wildman–Crippen MR) is 104 cm³/mol. The molecule has 0 saturated carbocycles. The van der Waals surface area contributed by atoms with E-state index in [1.807, 2.05) is 12.1 Å². The minimum absolute atomic E-state index is 0.129. The Labute approximate surface area is 164 Å². The van der Waals surface area contributed by atoms with Gasteiger partial charge in [0.15, 0.2) is 6.61 Å². The second kappa shape index (κ2) is 8.22. The Balaban J connectivity index is 1.53. The lowest BCUT2D eigenvalue weighted by atomic mass is 10.1. The molecule has 3 amide bonds. The Morgan fingerprint density at radius 2 is 1.81 bits per heavy atom. The lowest BCUT2D eigenvalue weighted by molar-refractivity contribution is -0.123. The van der Waals surface area contributed by atoms with Gasteiger partial charge in [-0.05, 0) is 48.5 Å². The third-order valence-corrected chi connectivity index (χ3v) is 4.70. The zero-order valence-corrected chi connectivity index (χ0v) is 15.9. The third-order valence-electron chi connectivity index (χ3n) is 4.17. The zero-order valence-electron chi connectivity index (χ0n) is 14.4. The summed E-state index contributed by atoms with van der Waals surface area (Å²) < 4.78 is 6.40. The molecule has 1 unspecified atom stereocenters. The van der Waals surface area contributed by atoms with Crippen LogP contribution >= 0.6 is 15.9 Å². The summed E-state index contributed by atoms with van der Waals surface area (Å²) in [5.41, 5.74) is 6.62. The number of hydrogen-bond acceptors (Lipinski definition) is 4. The maximum atomic E-state index is 12.0. The maximum absolute atomic E-state index is 12.0. The fourth-order valence-electron chi connectivity index (χ4n) is 2.75. The van der Waals surface area contributed by atoms with Crippen LogP contribution in [0.1, 0.15) is 6.42 Å². The van der Waals surface area contributed by atoms with Gasteiger partial charge in [-0.3, -0.25) is 14.4 Å². The van der Waals surface area contributed by atoms with Gasteiger partial charge in [0, 0.05) is 28.8 Å². The van der Waals surface area contributed by atoms with Gasteiger partial charge in [0.2, 0.25) is 11.8 Å². The van der Waals surface area contributed by atoms with Gasteiger partial charge in [0.25, 0.3) is 5.91 Å². The number of amides is 3. The first-order chi connectivity index (χ1) is 12.9. The van der Waals surface area contributed by atoms with Crippen molar-refractivity contribution in [3.8, 4) is 5.75 Å². The number of carbonyl (C=O) groups is 3. The molecule has 8 heteroatoms. The molecule has 0 bridgehead atoms. The monoisotopic (exact) mass is 431 g/mol. The third kappa shape index (κ3) is 4.85. The van der Waals surface area contributed by atoms with Crippen molar-refractivity contribution in [3.05, 3.63) is 53.0 Å². The molecule has 140 valence electrons. The molecule has 1 fully saturated rings. The van der Waals surface area contributed by atoms with Gasteiger partial charge in [0.05, 0.1) is 5.92 Å². The van der Waals surface area contributed by atoms with Crippen molar-refractivity contribution in [1.82, 2.24) is 0 Å². The summed E-state index contributed by atoms with van der Waals surface area (Å²) >= 11 is 3.33. The van der Waals surface area contributed by atoms with E-state index in [1.54, 1.807) is 36.4 Å². The number of primary amides is 1. The molecule has 1 aliphatic heterocycles. The van der Waals surface area contributed by atoms with E-state index in [2.05, 4.69) is 21.2 Å². The van der Waals surface area contributed by atoms with Crippen LogP contribution in [0, 0.1) is 5.92 Å². The van der Waals surface area contributed by atoms with Crippen LogP contribution in [-0.2, 0) is 14.4 Å². The van der Waals surface area contributed by atoms with Gasteiger partial charge in [-0.2, -0.15) is 0 Å². The number of nitrogens with zero attached hydrogens (tertiary/aromatic N) is 1. The van der Waals surface area contributed by atoms with Crippen LogP contribution in [0.4, 0.5) is 11.4 Å². The van der Waals surface area contributed by atoms with Crippen molar-refractivity contribution < 1.29 is 19.1 Å². The Hall–Kier alpha value is -2.87. The minimum atomic E-state index is -0.470. The summed E-state index contributed by atoms with van der Waals surface area (Å²) in [4.78, 5) is 36.7. The summed E-state index contributed by atoms with van der Waals surface area (Å²) in [5.74, 6) is -0.845. The molecular formula is C19H18BrN3O4. The van der Waals surface area contributed by atoms with E-state index in [0.29, 0.717) is 17.1 Å². The molecular weight excluding hydrogens is 414 g/mol. The standard InChI is InChI=1S/C19H18BrN3O4/c20-13-1-3-14(4-2-13)22-17(24)11-27-16-7-5-15(6-8-16)23-10-12(19(21)26)9-18(23)25/h1-8,12H,9-11H2,(H2,21,26)(H,22,24). The van der Waals surface area contributed by atoms with Gasteiger partial charge in [0.1, 0.15) is 5.75 Å². The number of nitrogens with two attached hydrogens (primary N) is 1. The van der Waals surface area contributed by atoms with E-state index in [0.717, 1.165) is 4.47 Å². The molecule has 1 aliphatic rings. The quantitative estimate of drug-likeness (QED) is 0.732. The Bertz CT molecular complexity index is 852. The minimum Gasteiger partial charge on any atom is -0.484 e. The largest absolute Gasteiger partial charge is 0.484 e. The lowest BCUT2D eigenvalue weighted by Crippen LogP contribution is -2.28. The van der Waals surface area contributed by atoms with Crippen molar-refractivity contribution >= 4 is 45.0 Å². The van der Waals surface area contributed by atoms with E-state index in [4.69, 9.17) is 10.5 Å². The highest BCUT2D eigenvalue weighted by molar-refractivity contribution is 9.10. The number of anilines is 2. The number of hydrogen-bond donors (Lipinski definition) is 2. The fourth-order valence-corrected chi connectivity index (χ4v) is 3.01. The Morgan fingerprint density at radius 3 is 2.41 bits per heavy atom. The summed E-state index contributed by atoms with van der Waals surface area (Å²) in [6.45, 7) is 0.145. The molecule has 7 nitrogen and oxygen atoms in total. The molecule has 2 aromatic rings. The number of benzene rings is 2. The van der Waals surface area contributed by atoms with Gasteiger partial charge < -0.3 is 20.7 Å². The first kappa shape index (κ1) is 18.9. The molecule has 1 heterocycles. The molecule has 3 rings (SSSR count). The van der Waals surface area contributed by atoms with Crippen LogP contribution in [0.25, 0.3) is 0 Å². The number of carbonyl (C=O) groups excluding carboxylic acids is 3. The van der Waals surface area contributed by atoms with E-state index in [9.17, 15) is 14.4 Å². The lowest BCUT2D eigenvalue weighted by Gasteiger charge is -2.16. The molecule has 0 spiro atoms. The second-order valence-electron chi connectivity index (χ2n) is 6.15. The SMILES string of the molecule is NC(=O)C1CC(=O)N(c2ccc(OCC(=O)Nc3ccc(Br)cc3)cc2)C1.